The second-order valence-electron chi connectivity index (χ2n) is 0.986. The van der Waals surface area contributed by atoms with Crippen molar-refractivity contribution in [1.29, 1.82) is 0 Å². The minimum Gasteiger partial charge on any atom is -1.00 e. The summed E-state index contributed by atoms with van der Waals surface area (Å²) in [4.78, 5) is 28.8. The van der Waals surface area contributed by atoms with Gasteiger partial charge in [0.2, 0.25) is 0 Å². The number of hydrogen-bond acceptors (Lipinski definition) is 5. The quantitative estimate of drug-likeness (QED) is 0.283. The fourth-order valence-corrected chi connectivity index (χ4v) is 0.163. The fraction of sp³-hybridized carbons (Fsp3) is 0. The first-order chi connectivity index (χ1) is 4.52. The molecule has 7 nitrogen and oxygen atoms in total. The van der Waals surface area contributed by atoms with E-state index in [1.807, 2.05) is 0 Å². The zero-order chi connectivity index (χ0) is 8.15. The Morgan fingerprint density at radius 3 is 1.12 bits per heavy atom. The first-order valence-corrected chi connectivity index (χ1v) is 1.88. The van der Waals surface area contributed by atoms with Crippen LogP contribution >= 0.6 is 0 Å². The predicted molar refractivity (Wildman–Crippen MR) is 75.4 cm³/mol. The second-order valence-corrected chi connectivity index (χ2v) is 0.986. The molecule has 0 unspecified atom stereocenters. The van der Waals surface area contributed by atoms with E-state index in [1.165, 1.54) is 0 Å². The molecule has 0 heterocycles. The van der Waals surface area contributed by atoms with E-state index in [0.717, 1.165) is 0 Å². The number of carboxylic acid groups (broad SMARTS) is 2. The number of rotatable bonds is 0. The largest absolute Gasteiger partial charge is 2.00 e. The molecule has 0 aliphatic heterocycles. The maximum absolute atomic E-state index is 9.86. The summed E-state index contributed by atoms with van der Waals surface area (Å²) in [6.07, 6.45) is -5.64. The summed E-state index contributed by atoms with van der Waals surface area (Å²) in [7, 11) is 0. The summed E-state index contributed by atoms with van der Waals surface area (Å²) in [5, 5.41) is 15.4. The standard InChI is InChI=1S/C3H2O7.2Al.2Ca.2Mg.14H/c4-1(5)9-3(8)10-2(6)7;;;;;;;;;;;;;;;;;;;;/h(H,4,5)(H,6,7);;;;;;;;;;;;;;;;;;;;/q;;;4*+2;;;;;;;8*-1. The molecule has 84 valence electrons. The van der Waals surface area contributed by atoms with Gasteiger partial charge >= 0.3 is 140 Å². The molecule has 0 aromatic carbocycles. The molecule has 0 saturated heterocycles. The topological polar surface area (TPSA) is 110 Å². The van der Waals surface area contributed by atoms with E-state index in [2.05, 4.69) is 9.47 Å². The summed E-state index contributed by atoms with van der Waals surface area (Å²) in [6.45, 7) is 0. The predicted octanol–water partition coefficient (Wildman–Crippen LogP) is -2.50. The van der Waals surface area contributed by atoms with Gasteiger partial charge in [-0.3, -0.25) is 0 Å². The molecule has 0 aromatic rings. The summed E-state index contributed by atoms with van der Waals surface area (Å²) in [6, 6.07) is 0. The van der Waals surface area contributed by atoms with Crippen LogP contribution in [0.2, 0.25) is 0 Å². The average Bonchev–Trinajstić information content (AvgIpc) is 1.58. The van der Waals surface area contributed by atoms with Gasteiger partial charge in [0.15, 0.2) is 34.7 Å². The third-order valence-corrected chi connectivity index (χ3v) is 0.341. The molecule has 0 rings (SSSR count). The molecular formula is C3H16Al2Ca2Mg2O7. The molecule has 2 N–H and O–H groups in total. The Morgan fingerprint density at radius 1 is 0.812 bits per heavy atom. The van der Waals surface area contributed by atoms with Crippen LogP contribution in [0.1, 0.15) is 11.4 Å². The van der Waals surface area contributed by atoms with Crippen molar-refractivity contribution in [3.8, 4) is 0 Å². The Labute approximate surface area is 216 Å². The van der Waals surface area contributed by atoms with Gasteiger partial charge in [0, 0.05) is 0 Å². The molecule has 0 bridgehead atoms. The van der Waals surface area contributed by atoms with Gasteiger partial charge in [-0.05, 0) is 0 Å². The number of hydrogen-bond donors (Lipinski definition) is 2. The molecule has 0 radical (unpaired) electrons. The monoisotopic (exact) mass is 346 g/mol. The molecule has 0 aliphatic rings. The van der Waals surface area contributed by atoms with Crippen LogP contribution < -0.4 is 0 Å². The molecule has 0 atom stereocenters. The molecule has 0 fully saturated rings. The molecule has 0 aromatic heterocycles. The zero-order valence-electron chi connectivity index (χ0n) is 15.3. The summed E-state index contributed by atoms with van der Waals surface area (Å²) < 4.78 is 6.47. The van der Waals surface area contributed by atoms with Crippen molar-refractivity contribution in [2.75, 3.05) is 0 Å². The Bertz CT molecular complexity index is 199. The minimum absolute atomic E-state index is 0. The van der Waals surface area contributed by atoms with Gasteiger partial charge in [0.1, 0.15) is 0 Å². The first-order valence-electron chi connectivity index (χ1n) is 1.88. The van der Waals surface area contributed by atoms with Crippen LogP contribution in [0.25, 0.3) is 0 Å². The molecule has 0 amide bonds. The van der Waals surface area contributed by atoms with E-state index in [9.17, 15) is 14.4 Å². The summed E-state index contributed by atoms with van der Waals surface area (Å²) in [5.41, 5.74) is 0. The summed E-state index contributed by atoms with van der Waals surface area (Å²) >= 11 is 0. The first kappa shape index (κ1) is 42.7. The van der Waals surface area contributed by atoms with Gasteiger partial charge < -0.3 is 31.1 Å². The van der Waals surface area contributed by atoms with Gasteiger partial charge in [-0.1, -0.05) is 0 Å². The molecule has 0 aliphatic carbocycles. The Hall–Kier alpha value is 3.33. The maximum atomic E-state index is 9.86. The van der Waals surface area contributed by atoms with Crippen molar-refractivity contribution in [1.82, 2.24) is 0 Å². The Morgan fingerprint density at radius 2 is 1.00 bits per heavy atom. The third kappa shape index (κ3) is 36.0. The van der Waals surface area contributed by atoms with Gasteiger partial charge in [-0.2, -0.15) is 0 Å². The molecule has 0 spiro atoms. The van der Waals surface area contributed by atoms with E-state index in [0.29, 0.717) is 0 Å². The van der Waals surface area contributed by atoms with Crippen LogP contribution in [-0.2, 0) is 9.47 Å². The van der Waals surface area contributed by atoms with Crippen molar-refractivity contribution in [2.45, 2.75) is 0 Å². The molecular weight excluding hydrogens is 331 g/mol. The van der Waals surface area contributed by atoms with Crippen molar-refractivity contribution in [2.24, 2.45) is 0 Å². The van der Waals surface area contributed by atoms with Crippen LogP contribution in [0.3, 0.4) is 0 Å². The van der Waals surface area contributed by atoms with Gasteiger partial charge in [-0.25, -0.2) is 14.4 Å². The van der Waals surface area contributed by atoms with Crippen LogP contribution in [0, 0.1) is 0 Å². The van der Waals surface area contributed by atoms with Gasteiger partial charge in [0.05, 0.1) is 0 Å². The summed E-state index contributed by atoms with van der Waals surface area (Å²) in [5.74, 6) is 0. The number of carbonyl (C=O) groups is 3. The fourth-order valence-electron chi connectivity index (χ4n) is 0.163. The van der Waals surface area contributed by atoms with Crippen LogP contribution in [0.15, 0.2) is 0 Å². The second kappa shape index (κ2) is 26.8. The van der Waals surface area contributed by atoms with Crippen LogP contribution in [-0.4, -0.2) is 185 Å². The van der Waals surface area contributed by atoms with E-state index >= 15 is 0 Å². The van der Waals surface area contributed by atoms with Crippen LogP contribution in [0.5, 0.6) is 0 Å². The van der Waals surface area contributed by atoms with E-state index in [-0.39, 0.29) is 168 Å². The normalized spacial score (nSPS) is 5.00. The van der Waals surface area contributed by atoms with E-state index in [1.54, 1.807) is 0 Å². The van der Waals surface area contributed by atoms with Crippen molar-refractivity contribution >= 4 is 175 Å². The number of ether oxygens (including phenoxy) is 2. The van der Waals surface area contributed by atoms with Crippen molar-refractivity contribution in [3.63, 3.8) is 0 Å². The minimum atomic E-state index is -1.92. The van der Waals surface area contributed by atoms with Crippen molar-refractivity contribution < 1.29 is 45.5 Å². The third-order valence-electron chi connectivity index (χ3n) is 0.341. The smallest absolute Gasteiger partial charge is 1.00 e. The van der Waals surface area contributed by atoms with Gasteiger partial charge in [-0.15, -0.1) is 0 Å². The van der Waals surface area contributed by atoms with Gasteiger partial charge in [0.25, 0.3) is 0 Å². The number of carbonyl (C=O) groups excluding carboxylic acids is 1. The van der Waals surface area contributed by atoms with E-state index in [4.69, 9.17) is 10.2 Å². The average molecular weight is 347 g/mol. The zero-order valence-corrected chi connectivity index (χ0v) is 14.5. The molecule has 0 saturated carbocycles. The van der Waals surface area contributed by atoms with Crippen LogP contribution in [0.4, 0.5) is 14.4 Å². The van der Waals surface area contributed by atoms with Crippen molar-refractivity contribution in [3.05, 3.63) is 0 Å². The Balaban J connectivity index is -0.00000000445. The Kier molecular flexibility index (Phi) is 71.6. The SMILES string of the molecule is O=C(O)OC(=O)OC(=O)O.[AlH3].[AlH3].[Ca+2].[Ca+2].[H-].[H-].[H-].[H-].[H-].[H-].[H-].[H-].[Mg+2].[Mg+2]. The molecule has 16 heavy (non-hydrogen) atoms. The van der Waals surface area contributed by atoms with E-state index < -0.39 is 18.5 Å². The maximum Gasteiger partial charge on any atom is 2.00 e. The molecule has 13 heteroatoms.